The molecule has 1 rings (SSSR count). The highest BCUT2D eigenvalue weighted by atomic mass is 35.5. The third-order valence-corrected chi connectivity index (χ3v) is 2.23. The number of aliphatic hydroxyl groups excluding tert-OH is 1. The molecule has 3 N–H and O–H groups in total. The number of hydrogen-bond donors (Lipinski definition) is 2. The number of aliphatic hydroxyl groups is 1. The second-order valence-corrected chi connectivity index (χ2v) is 3.45. The minimum Gasteiger partial charge on any atom is -0.387 e. The Labute approximate surface area is 85.3 Å². The first-order valence-corrected chi connectivity index (χ1v) is 4.40. The van der Waals surface area contributed by atoms with E-state index in [0.29, 0.717) is 0 Å². The Morgan fingerprint density at radius 3 is 2.50 bits per heavy atom. The standard InChI is InChI=1S/C9H10ClF2NO/c1-4(13)9(14)5-2-3-6(11)7(10)8(5)12/h2-4,9,14H,13H2,1H3/t4-,9-/m1/s1. The summed E-state index contributed by atoms with van der Waals surface area (Å²) in [5.74, 6) is -1.82. The lowest BCUT2D eigenvalue weighted by Crippen LogP contribution is -2.25. The summed E-state index contributed by atoms with van der Waals surface area (Å²) >= 11 is 5.33. The summed E-state index contributed by atoms with van der Waals surface area (Å²) < 4.78 is 26.0. The van der Waals surface area contributed by atoms with E-state index in [1.54, 1.807) is 0 Å². The van der Waals surface area contributed by atoms with Crippen LogP contribution in [0.3, 0.4) is 0 Å². The minimum atomic E-state index is -1.19. The molecule has 0 spiro atoms. The molecule has 14 heavy (non-hydrogen) atoms. The molecular formula is C9H10ClF2NO. The summed E-state index contributed by atoms with van der Waals surface area (Å²) in [5, 5.41) is 8.82. The first-order chi connectivity index (χ1) is 6.45. The average Bonchev–Trinajstić information content (AvgIpc) is 2.13. The summed E-state index contributed by atoms with van der Waals surface area (Å²) in [6, 6.07) is 1.47. The van der Waals surface area contributed by atoms with Gasteiger partial charge in [0.25, 0.3) is 0 Å². The zero-order valence-corrected chi connectivity index (χ0v) is 8.22. The van der Waals surface area contributed by atoms with Crippen LogP contribution in [0.1, 0.15) is 18.6 Å². The Hall–Kier alpha value is -0.710. The van der Waals surface area contributed by atoms with Crippen LogP contribution in [0.5, 0.6) is 0 Å². The Bertz CT molecular complexity index is 344. The fraction of sp³-hybridized carbons (Fsp3) is 0.333. The van der Waals surface area contributed by atoms with E-state index in [-0.39, 0.29) is 5.56 Å². The van der Waals surface area contributed by atoms with Crippen molar-refractivity contribution < 1.29 is 13.9 Å². The molecule has 0 radical (unpaired) electrons. The summed E-state index contributed by atoms with van der Waals surface area (Å²) in [6.07, 6.45) is -1.19. The maximum atomic E-state index is 13.3. The van der Waals surface area contributed by atoms with Crippen LogP contribution >= 0.6 is 11.6 Å². The number of rotatable bonds is 2. The molecule has 78 valence electrons. The molecule has 1 aromatic rings. The van der Waals surface area contributed by atoms with Crippen molar-refractivity contribution in [3.63, 3.8) is 0 Å². The number of halogens is 3. The topological polar surface area (TPSA) is 46.2 Å². The van der Waals surface area contributed by atoms with Crippen molar-refractivity contribution in [2.24, 2.45) is 5.73 Å². The molecule has 5 heteroatoms. The Morgan fingerprint density at radius 2 is 2.00 bits per heavy atom. The first kappa shape index (κ1) is 11.4. The molecule has 2 atom stereocenters. The van der Waals surface area contributed by atoms with E-state index in [2.05, 4.69) is 0 Å². The maximum absolute atomic E-state index is 13.3. The third-order valence-electron chi connectivity index (χ3n) is 1.88. The molecule has 0 bridgehead atoms. The molecule has 0 aliphatic carbocycles. The monoisotopic (exact) mass is 221 g/mol. The van der Waals surface area contributed by atoms with Crippen LogP contribution in [-0.4, -0.2) is 11.1 Å². The van der Waals surface area contributed by atoms with Gasteiger partial charge in [0.2, 0.25) is 0 Å². The maximum Gasteiger partial charge on any atom is 0.150 e. The Balaban J connectivity index is 3.17. The number of benzene rings is 1. The number of hydrogen-bond acceptors (Lipinski definition) is 2. The van der Waals surface area contributed by atoms with Crippen molar-refractivity contribution in [3.05, 3.63) is 34.4 Å². The van der Waals surface area contributed by atoms with E-state index in [0.717, 1.165) is 12.1 Å². The zero-order chi connectivity index (χ0) is 10.9. The van der Waals surface area contributed by atoms with E-state index >= 15 is 0 Å². The summed E-state index contributed by atoms with van der Waals surface area (Å²) in [5.41, 5.74) is 5.28. The van der Waals surface area contributed by atoms with Crippen molar-refractivity contribution in [3.8, 4) is 0 Å². The number of nitrogens with two attached hydrogens (primary N) is 1. The predicted octanol–water partition coefficient (Wildman–Crippen LogP) is 2.00. The molecule has 1 aromatic carbocycles. The van der Waals surface area contributed by atoms with Crippen molar-refractivity contribution >= 4 is 11.6 Å². The second-order valence-electron chi connectivity index (χ2n) is 3.07. The van der Waals surface area contributed by atoms with Crippen LogP contribution in [0.15, 0.2) is 12.1 Å². The lowest BCUT2D eigenvalue weighted by atomic mass is 10.0. The smallest absolute Gasteiger partial charge is 0.150 e. The van der Waals surface area contributed by atoms with Gasteiger partial charge in [0, 0.05) is 11.6 Å². The van der Waals surface area contributed by atoms with E-state index in [1.807, 2.05) is 0 Å². The molecule has 0 aliphatic rings. The molecule has 0 saturated heterocycles. The molecular weight excluding hydrogens is 212 g/mol. The van der Waals surface area contributed by atoms with Crippen LogP contribution in [0.4, 0.5) is 8.78 Å². The van der Waals surface area contributed by atoms with Crippen LogP contribution in [-0.2, 0) is 0 Å². The van der Waals surface area contributed by atoms with Gasteiger partial charge in [0.15, 0.2) is 5.82 Å². The normalized spacial score (nSPS) is 15.3. The van der Waals surface area contributed by atoms with Crippen molar-refractivity contribution in [2.45, 2.75) is 19.1 Å². The van der Waals surface area contributed by atoms with Crippen LogP contribution in [0.2, 0.25) is 5.02 Å². The van der Waals surface area contributed by atoms with E-state index in [4.69, 9.17) is 17.3 Å². The Morgan fingerprint density at radius 1 is 1.43 bits per heavy atom. The molecule has 0 amide bonds. The van der Waals surface area contributed by atoms with Crippen LogP contribution in [0.25, 0.3) is 0 Å². The third kappa shape index (κ3) is 2.03. The van der Waals surface area contributed by atoms with Gasteiger partial charge in [-0.2, -0.15) is 0 Å². The van der Waals surface area contributed by atoms with Crippen LogP contribution < -0.4 is 5.73 Å². The Kier molecular flexibility index (Phi) is 3.42. The van der Waals surface area contributed by atoms with Crippen molar-refractivity contribution in [1.29, 1.82) is 0 Å². The van der Waals surface area contributed by atoms with Gasteiger partial charge in [-0.1, -0.05) is 17.7 Å². The predicted molar refractivity (Wildman–Crippen MR) is 50.0 cm³/mol. The van der Waals surface area contributed by atoms with Gasteiger partial charge < -0.3 is 10.8 Å². The van der Waals surface area contributed by atoms with Gasteiger partial charge in [0.05, 0.1) is 6.10 Å². The first-order valence-electron chi connectivity index (χ1n) is 4.02. The lowest BCUT2D eigenvalue weighted by molar-refractivity contribution is 0.149. The van der Waals surface area contributed by atoms with Gasteiger partial charge in [-0.05, 0) is 13.0 Å². The zero-order valence-electron chi connectivity index (χ0n) is 7.47. The quantitative estimate of drug-likeness (QED) is 0.751. The average molecular weight is 222 g/mol. The SMILES string of the molecule is C[C@@H](N)[C@@H](O)c1ccc(F)c(Cl)c1F. The summed E-state index contributed by atoms with van der Waals surface area (Å²) in [7, 11) is 0. The fourth-order valence-electron chi connectivity index (χ4n) is 1.05. The van der Waals surface area contributed by atoms with E-state index < -0.39 is 28.8 Å². The molecule has 0 heterocycles. The van der Waals surface area contributed by atoms with Crippen molar-refractivity contribution in [2.75, 3.05) is 0 Å². The highest BCUT2D eigenvalue weighted by Gasteiger charge is 2.20. The molecule has 0 fully saturated rings. The molecule has 0 saturated carbocycles. The van der Waals surface area contributed by atoms with Crippen molar-refractivity contribution in [1.82, 2.24) is 0 Å². The molecule has 0 unspecified atom stereocenters. The van der Waals surface area contributed by atoms with Gasteiger partial charge in [-0.3, -0.25) is 0 Å². The fourth-order valence-corrected chi connectivity index (χ4v) is 1.22. The van der Waals surface area contributed by atoms with Gasteiger partial charge in [-0.15, -0.1) is 0 Å². The molecule has 0 aromatic heterocycles. The van der Waals surface area contributed by atoms with Gasteiger partial charge in [0.1, 0.15) is 10.8 Å². The minimum absolute atomic E-state index is 0.0913. The summed E-state index contributed by atoms with van der Waals surface area (Å²) in [6.45, 7) is 1.52. The van der Waals surface area contributed by atoms with E-state index in [1.165, 1.54) is 6.92 Å². The second kappa shape index (κ2) is 4.21. The summed E-state index contributed by atoms with van der Waals surface area (Å²) in [4.78, 5) is 0. The van der Waals surface area contributed by atoms with E-state index in [9.17, 15) is 13.9 Å². The highest BCUT2D eigenvalue weighted by molar-refractivity contribution is 6.30. The highest BCUT2D eigenvalue weighted by Crippen LogP contribution is 2.26. The molecule has 0 aliphatic heterocycles. The van der Waals surface area contributed by atoms with Gasteiger partial charge >= 0.3 is 0 Å². The van der Waals surface area contributed by atoms with Gasteiger partial charge in [-0.25, -0.2) is 8.78 Å². The molecule has 2 nitrogen and oxygen atoms in total. The largest absolute Gasteiger partial charge is 0.387 e. The van der Waals surface area contributed by atoms with Crippen LogP contribution in [0, 0.1) is 11.6 Å². The lowest BCUT2D eigenvalue weighted by Gasteiger charge is -2.16.